The summed E-state index contributed by atoms with van der Waals surface area (Å²) in [5.74, 6) is 10.5. The average Bonchev–Trinajstić information content (AvgIpc) is 2.58. The van der Waals surface area contributed by atoms with Gasteiger partial charge in [0.2, 0.25) is 0 Å². The van der Waals surface area contributed by atoms with E-state index in [9.17, 15) is 4.79 Å². The van der Waals surface area contributed by atoms with Gasteiger partial charge in [-0.25, -0.2) is 4.79 Å². The summed E-state index contributed by atoms with van der Waals surface area (Å²) in [5.41, 5.74) is 2.16. The molecule has 2 N–H and O–H groups in total. The minimum Gasteiger partial charge on any atom is -0.496 e. The van der Waals surface area contributed by atoms with E-state index in [1.165, 1.54) is 13.2 Å². The van der Waals surface area contributed by atoms with Gasteiger partial charge in [0, 0.05) is 16.7 Å². The lowest BCUT2D eigenvalue weighted by Crippen LogP contribution is -2.00. The van der Waals surface area contributed by atoms with Crippen molar-refractivity contribution < 1.29 is 19.7 Å². The summed E-state index contributed by atoms with van der Waals surface area (Å²) in [6, 6.07) is 12.0. The van der Waals surface area contributed by atoms with Crippen molar-refractivity contribution in [3.63, 3.8) is 0 Å². The van der Waals surface area contributed by atoms with Gasteiger partial charge in [-0.2, -0.15) is 0 Å². The molecule has 4 heteroatoms. The van der Waals surface area contributed by atoms with Gasteiger partial charge < -0.3 is 14.9 Å². The summed E-state index contributed by atoms with van der Waals surface area (Å²) >= 11 is 0. The molecule has 2 aromatic carbocycles. The Morgan fingerprint density at radius 1 is 1.04 bits per heavy atom. The minimum absolute atomic E-state index is 0.0712. The molecule has 2 rings (SSSR count). The molecule has 0 aliphatic carbocycles. The molecule has 0 atom stereocenters. The van der Waals surface area contributed by atoms with E-state index >= 15 is 0 Å². The fourth-order valence-electron chi connectivity index (χ4n) is 1.91. The second-order valence-electron chi connectivity index (χ2n) is 4.51. The molecule has 114 valence electrons. The molecule has 2 aromatic rings. The van der Waals surface area contributed by atoms with E-state index in [-0.39, 0.29) is 12.2 Å². The molecule has 0 saturated carbocycles. The number of carboxylic acids is 1. The van der Waals surface area contributed by atoms with Crippen molar-refractivity contribution in [1.82, 2.24) is 0 Å². The highest BCUT2D eigenvalue weighted by molar-refractivity contribution is 5.91. The first kappa shape index (κ1) is 16.2. The quantitative estimate of drug-likeness (QED) is 0.834. The van der Waals surface area contributed by atoms with Gasteiger partial charge in [0.15, 0.2) is 0 Å². The van der Waals surface area contributed by atoms with E-state index in [1.807, 2.05) is 18.2 Å². The maximum Gasteiger partial charge on any atom is 0.339 e. The second kappa shape index (κ2) is 7.70. The number of methoxy groups -OCH3 is 1. The lowest BCUT2D eigenvalue weighted by Gasteiger charge is -2.04. The summed E-state index contributed by atoms with van der Waals surface area (Å²) in [4.78, 5) is 11.2. The summed E-state index contributed by atoms with van der Waals surface area (Å²) in [7, 11) is 1.42. The maximum atomic E-state index is 11.2. The molecule has 0 saturated heterocycles. The fourth-order valence-corrected chi connectivity index (χ4v) is 1.91. The van der Waals surface area contributed by atoms with Gasteiger partial charge in [-0.1, -0.05) is 29.7 Å². The number of rotatable bonds is 2. The van der Waals surface area contributed by atoms with Gasteiger partial charge in [-0.15, -0.1) is 0 Å². The van der Waals surface area contributed by atoms with Gasteiger partial charge in [0.05, 0.1) is 7.11 Å². The Labute approximate surface area is 134 Å². The van der Waals surface area contributed by atoms with Crippen LogP contribution in [0.15, 0.2) is 42.5 Å². The topological polar surface area (TPSA) is 66.8 Å². The summed E-state index contributed by atoms with van der Waals surface area (Å²) < 4.78 is 5.01. The smallest absolute Gasteiger partial charge is 0.339 e. The zero-order chi connectivity index (χ0) is 16.7. The monoisotopic (exact) mass is 306 g/mol. The number of aromatic carboxylic acids is 1. The first-order valence-corrected chi connectivity index (χ1v) is 6.77. The molecule has 0 heterocycles. The van der Waals surface area contributed by atoms with E-state index in [0.717, 1.165) is 11.1 Å². The first-order chi connectivity index (χ1) is 11.1. The van der Waals surface area contributed by atoms with Gasteiger partial charge in [-0.05, 0) is 36.4 Å². The molecule has 4 nitrogen and oxygen atoms in total. The molecule has 0 bridgehead atoms. The predicted octanol–water partition coefficient (Wildman–Crippen LogP) is 2.14. The van der Waals surface area contributed by atoms with Crippen molar-refractivity contribution in [3.8, 4) is 29.4 Å². The van der Waals surface area contributed by atoms with Crippen LogP contribution >= 0.6 is 0 Å². The molecule has 0 aliphatic rings. The number of benzene rings is 2. The van der Waals surface area contributed by atoms with Crippen LogP contribution in [0.25, 0.3) is 0 Å². The second-order valence-corrected chi connectivity index (χ2v) is 4.51. The third kappa shape index (κ3) is 4.38. The van der Waals surface area contributed by atoms with Crippen LogP contribution in [0, 0.1) is 23.7 Å². The first-order valence-electron chi connectivity index (χ1n) is 6.77. The van der Waals surface area contributed by atoms with Gasteiger partial charge in [-0.3, -0.25) is 0 Å². The molecule has 0 fully saturated rings. The van der Waals surface area contributed by atoms with Crippen molar-refractivity contribution >= 4 is 5.97 Å². The van der Waals surface area contributed by atoms with Gasteiger partial charge in [0.25, 0.3) is 0 Å². The molecule has 0 radical (unpaired) electrons. The Morgan fingerprint density at radius 3 is 2.30 bits per heavy atom. The van der Waals surface area contributed by atoms with E-state index < -0.39 is 5.97 Å². The molecule has 23 heavy (non-hydrogen) atoms. The Kier molecular flexibility index (Phi) is 5.41. The maximum absolute atomic E-state index is 11.2. The van der Waals surface area contributed by atoms with Gasteiger partial charge >= 0.3 is 5.97 Å². The zero-order valence-electron chi connectivity index (χ0n) is 12.5. The molecule has 0 aromatic heterocycles. The van der Waals surface area contributed by atoms with Crippen LogP contribution in [-0.2, 0) is 0 Å². The van der Waals surface area contributed by atoms with E-state index in [0.29, 0.717) is 11.3 Å². The highest BCUT2D eigenvalue weighted by Gasteiger charge is 2.10. The van der Waals surface area contributed by atoms with Crippen LogP contribution in [-0.4, -0.2) is 29.9 Å². The molecule has 0 unspecified atom stereocenters. The van der Waals surface area contributed by atoms with Crippen molar-refractivity contribution in [1.29, 1.82) is 0 Å². The largest absolute Gasteiger partial charge is 0.496 e. The third-order valence-corrected chi connectivity index (χ3v) is 2.96. The standard InChI is InChI=1S/C19H14O4/c1-23-18-10-9-16(13-17(18)19(21)22)8-7-15-5-2-4-14(12-15)6-3-11-20/h2,4-5,9-10,12-13,20H,11H2,1H3,(H,21,22). The molecular formula is C19H14O4. The third-order valence-electron chi connectivity index (χ3n) is 2.96. The number of carboxylic acid groups (broad SMARTS) is 1. The normalized spacial score (nSPS) is 9.13. The highest BCUT2D eigenvalue weighted by atomic mass is 16.5. The summed E-state index contributed by atoms with van der Waals surface area (Å²) in [6.07, 6.45) is 0. The number of hydrogen-bond donors (Lipinski definition) is 2. The van der Waals surface area contributed by atoms with Crippen molar-refractivity contribution in [3.05, 3.63) is 64.7 Å². The van der Waals surface area contributed by atoms with Crippen molar-refractivity contribution in [2.24, 2.45) is 0 Å². The molecule has 0 spiro atoms. The van der Waals surface area contributed by atoms with Crippen LogP contribution < -0.4 is 4.74 Å². The van der Waals surface area contributed by atoms with E-state index in [4.69, 9.17) is 14.9 Å². The zero-order valence-corrected chi connectivity index (χ0v) is 12.5. The van der Waals surface area contributed by atoms with Crippen molar-refractivity contribution in [2.45, 2.75) is 0 Å². The fraction of sp³-hybridized carbons (Fsp3) is 0.105. The van der Waals surface area contributed by atoms with Crippen LogP contribution in [0.2, 0.25) is 0 Å². The number of hydrogen-bond acceptors (Lipinski definition) is 3. The Bertz CT molecular complexity index is 845. The Balaban J connectivity index is 2.32. The Morgan fingerprint density at radius 2 is 1.70 bits per heavy atom. The van der Waals surface area contributed by atoms with E-state index in [2.05, 4.69) is 23.7 Å². The van der Waals surface area contributed by atoms with Crippen LogP contribution in [0.1, 0.15) is 27.0 Å². The highest BCUT2D eigenvalue weighted by Crippen LogP contribution is 2.19. The van der Waals surface area contributed by atoms with Crippen LogP contribution in [0.4, 0.5) is 0 Å². The van der Waals surface area contributed by atoms with Crippen molar-refractivity contribution in [2.75, 3.05) is 13.7 Å². The number of ether oxygens (including phenoxy) is 1. The molecule has 0 amide bonds. The number of aliphatic hydroxyl groups excluding tert-OH is 1. The lowest BCUT2D eigenvalue weighted by molar-refractivity contribution is 0.0693. The predicted molar refractivity (Wildman–Crippen MR) is 86.3 cm³/mol. The minimum atomic E-state index is -1.06. The number of aliphatic hydroxyl groups is 1. The number of carbonyl (C=O) groups is 1. The average molecular weight is 306 g/mol. The van der Waals surface area contributed by atoms with Gasteiger partial charge in [0.1, 0.15) is 17.9 Å². The van der Waals surface area contributed by atoms with Crippen LogP contribution in [0.5, 0.6) is 5.75 Å². The van der Waals surface area contributed by atoms with Crippen LogP contribution in [0.3, 0.4) is 0 Å². The molecular weight excluding hydrogens is 292 g/mol. The molecule has 0 aliphatic heterocycles. The summed E-state index contributed by atoms with van der Waals surface area (Å²) in [5, 5.41) is 17.9. The van der Waals surface area contributed by atoms with E-state index in [1.54, 1.807) is 18.2 Å². The SMILES string of the molecule is COc1ccc(C#Cc2cccc(C#CCO)c2)cc1C(=O)O. The Hall–Kier alpha value is -3.21. The summed E-state index contributed by atoms with van der Waals surface area (Å²) in [6.45, 7) is -0.195. The lowest BCUT2D eigenvalue weighted by atomic mass is 10.1.